The third-order valence-corrected chi connectivity index (χ3v) is 4.95. The van der Waals surface area contributed by atoms with Crippen molar-refractivity contribution in [2.24, 2.45) is 5.92 Å². The molecular formula is C25H47ClFNO2. The number of hydrogen-bond acceptors (Lipinski definition) is 3. The van der Waals surface area contributed by atoms with Crippen molar-refractivity contribution in [2.45, 2.75) is 99.8 Å². The second kappa shape index (κ2) is 21.4. The Bertz CT molecular complexity index is 494. The van der Waals surface area contributed by atoms with Gasteiger partial charge in [0.2, 0.25) is 0 Å². The fraction of sp³-hybridized carbons (Fsp3) is 0.760. The minimum Gasteiger partial charge on any atom is -0.382 e. The molecule has 2 atom stereocenters. The zero-order valence-corrected chi connectivity index (χ0v) is 21.4. The lowest BCUT2D eigenvalue weighted by Crippen LogP contribution is -2.21. The van der Waals surface area contributed by atoms with Gasteiger partial charge in [-0.15, -0.1) is 0 Å². The van der Waals surface area contributed by atoms with Gasteiger partial charge in [0.05, 0.1) is 11.7 Å². The number of hydrogen-bond donors (Lipinski definition) is 1. The monoisotopic (exact) mass is 447 g/mol. The van der Waals surface area contributed by atoms with Gasteiger partial charge in [-0.05, 0) is 51.2 Å². The second-order valence-corrected chi connectivity index (χ2v) is 7.43. The van der Waals surface area contributed by atoms with E-state index in [1.54, 1.807) is 0 Å². The fourth-order valence-electron chi connectivity index (χ4n) is 2.69. The van der Waals surface area contributed by atoms with Gasteiger partial charge in [0, 0.05) is 30.5 Å². The molecule has 0 saturated heterocycles. The maximum absolute atomic E-state index is 11.0. The summed E-state index contributed by atoms with van der Waals surface area (Å²) in [4.78, 5) is 0. The van der Waals surface area contributed by atoms with E-state index < -0.39 is 6.29 Å². The molecule has 3 nitrogen and oxygen atoms in total. The Labute approximate surface area is 191 Å². The molecule has 0 heterocycles. The van der Waals surface area contributed by atoms with E-state index in [4.69, 9.17) is 21.1 Å². The van der Waals surface area contributed by atoms with Crippen LogP contribution in [-0.4, -0.2) is 25.9 Å². The SMILES string of the molecule is CC.CCCCF.CCOC(OCC)c1ccc(NC(CC)CC(C)CC)cc1Cl. The van der Waals surface area contributed by atoms with Gasteiger partial charge in [-0.2, -0.15) is 0 Å². The van der Waals surface area contributed by atoms with Crippen LogP contribution in [0.2, 0.25) is 5.02 Å². The van der Waals surface area contributed by atoms with E-state index in [2.05, 4.69) is 32.2 Å². The Hall–Kier alpha value is -0.840. The molecule has 0 fully saturated rings. The van der Waals surface area contributed by atoms with Crippen molar-refractivity contribution < 1.29 is 13.9 Å². The van der Waals surface area contributed by atoms with Crippen LogP contribution in [0.1, 0.15) is 99.3 Å². The van der Waals surface area contributed by atoms with E-state index >= 15 is 0 Å². The highest BCUT2D eigenvalue weighted by molar-refractivity contribution is 6.31. The van der Waals surface area contributed by atoms with Gasteiger partial charge in [-0.3, -0.25) is 4.39 Å². The van der Waals surface area contributed by atoms with Crippen LogP contribution in [0.3, 0.4) is 0 Å². The van der Waals surface area contributed by atoms with Crippen molar-refractivity contribution in [2.75, 3.05) is 25.2 Å². The van der Waals surface area contributed by atoms with Crippen LogP contribution < -0.4 is 5.32 Å². The number of nitrogens with one attached hydrogen (secondary N) is 1. The van der Waals surface area contributed by atoms with Gasteiger partial charge in [-0.1, -0.05) is 72.1 Å². The highest BCUT2D eigenvalue weighted by atomic mass is 35.5. The zero-order valence-electron chi connectivity index (χ0n) is 20.7. The quantitative estimate of drug-likeness (QED) is 0.306. The predicted octanol–water partition coefficient (Wildman–Crippen LogP) is 8.82. The van der Waals surface area contributed by atoms with Gasteiger partial charge >= 0.3 is 0 Å². The first-order valence-electron chi connectivity index (χ1n) is 11.8. The average molecular weight is 448 g/mol. The Morgan fingerprint density at radius 3 is 1.97 bits per heavy atom. The summed E-state index contributed by atoms with van der Waals surface area (Å²) >= 11 is 6.46. The fourth-order valence-corrected chi connectivity index (χ4v) is 2.96. The minimum absolute atomic E-state index is 0.156. The zero-order chi connectivity index (χ0) is 23.4. The molecule has 5 heteroatoms. The maximum atomic E-state index is 11.0. The van der Waals surface area contributed by atoms with Gasteiger partial charge in [0.1, 0.15) is 0 Å². The summed E-state index contributed by atoms with van der Waals surface area (Å²) in [5.74, 6) is 0.725. The van der Waals surface area contributed by atoms with E-state index in [-0.39, 0.29) is 6.67 Å². The van der Waals surface area contributed by atoms with Crippen LogP contribution in [0.15, 0.2) is 18.2 Å². The van der Waals surface area contributed by atoms with E-state index in [0.717, 1.165) is 36.4 Å². The Kier molecular flexibility index (Phi) is 22.4. The number of unbranched alkanes of at least 4 members (excludes halogenated alkanes) is 1. The molecule has 2 unspecified atom stereocenters. The summed E-state index contributed by atoms with van der Waals surface area (Å²) < 4.78 is 22.3. The van der Waals surface area contributed by atoms with Crippen molar-refractivity contribution in [1.29, 1.82) is 0 Å². The van der Waals surface area contributed by atoms with Crippen LogP contribution in [0, 0.1) is 5.92 Å². The molecule has 1 aromatic carbocycles. The maximum Gasteiger partial charge on any atom is 0.185 e. The van der Waals surface area contributed by atoms with Crippen molar-refractivity contribution in [1.82, 2.24) is 0 Å². The molecule has 0 aliphatic rings. The molecule has 1 N–H and O–H groups in total. The first-order chi connectivity index (χ1) is 14.5. The standard InChI is InChI=1S/C19H32ClNO2.C4H9F.C2H6/c1-6-14(5)12-15(7-2)21-16-10-11-17(18(20)13-16)19(22-8-3)23-9-4;1-2-3-4-5;1-2/h10-11,13-15,19,21H,6-9,12H2,1-5H3;2-4H2,1H3;1-2H3. The topological polar surface area (TPSA) is 30.5 Å². The van der Waals surface area contributed by atoms with E-state index in [1.165, 1.54) is 12.8 Å². The summed E-state index contributed by atoms with van der Waals surface area (Å²) in [7, 11) is 0. The molecule has 1 aromatic rings. The van der Waals surface area contributed by atoms with Gasteiger partial charge in [-0.25, -0.2) is 0 Å². The Balaban J connectivity index is 0. The average Bonchev–Trinajstić information content (AvgIpc) is 2.75. The molecule has 1 rings (SSSR count). The van der Waals surface area contributed by atoms with Crippen molar-refractivity contribution in [3.05, 3.63) is 28.8 Å². The van der Waals surface area contributed by atoms with E-state index in [0.29, 0.717) is 24.3 Å². The Morgan fingerprint density at radius 2 is 1.60 bits per heavy atom. The highest BCUT2D eigenvalue weighted by Gasteiger charge is 2.16. The number of halogens is 2. The lowest BCUT2D eigenvalue weighted by Gasteiger charge is -2.23. The van der Waals surface area contributed by atoms with E-state index in [1.807, 2.05) is 46.8 Å². The first kappa shape index (κ1) is 31.3. The van der Waals surface area contributed by atoms with Gasteiger partial charge < -0.3 is 14.8 Å². The summed E-state index contributed by atoms with van der Waals surface area (Å²) in [5.41, 5.74) is 1.94. The molecule has 0 radical (unpaired) electrons. The molecule has 0 aromatic heterocycles. The summed E-state index contributed by atoms with van der Waals surface area (Å²) in [6.07, 6.45) is 4.78. The molecule has 0 aliphatic heterocycles. The molecule has 178 valence electrons. The third kappa shape index (κ3) is 14.2. The molecule has 0 aliphatic carbocycles. The lowest BCUT2D eigenvalue weighted by molar-refractivity contribution is -0.140. The second-order valence-electron chi connectivity index (χ2n) is 7.02. The molecule has 0 amide bonds. The molecule has 0 bridgehead atoms. The smallest absolute Gasteiger partial charge is 0.185 e. The largest absolute Gasteiger partial charge is 0.382 e. The molecule has 30 heavy (non-hydrogen) atoms. The number of ether oxygens (including phenoxy) is 2. The van der Waals surface area contributed by atoms with Crippen LogP contribution in [0.4, 0.5) is 10.1 Å². The van der Waals surface area contributed by atoms with Crippen molar-refractivity contribution in [3.8, 4) is 0 Å². The summed E-state index contributed by atoms with van der Waals surface area (Å²) in [5, 5.41) is 4.28. The van der Waals surface area contributed by atoms with Crippen LogP contribution in [-0.2, 0) is 9.47 Å². The lowest BCUT2D eigenvalue weighted by atomic mass is 9.97. The Morgan fingerprint density at radius 1 is 1.00 bits per heavy atom. The summed E-state index contributed by atoms with van der Waals surface area (Å²) in [6.45, 7) is 17.7. The number of alkyl halides is 1. The number of rotatable bonds is 13. The normalized spacial score (nSPS) is 12.4. The van der Waals surface area contributed by atoms with Crippen LogP contribution in [0.5, 0.6) is 0 Å². The molecule has 0 spiro atoms. The van der Waals surface area contributed by atoms with Gasteiger partial charge in [0.25, 0.3) is 0 Å². The molecular weight excluding hydrogens is 401 g/mol. The van der Waals surface area contributed by atoms with Crippen molar-refractivity contribution in [3.63, 3.8) is 0 Å². The number of benzene rings is 1. The first-order valence-corrected chi connectivity index (χ1v) is 12.2. The predicted molar refractivity (Wildman–Crippen MR) is 131 cm³/mol. The van der Waals surface area contributed by atoms with Crippen LogP contribution >= 0.6 is 11.6 Å². The minimum atomic E-state index is -0.395. The number of anilines is 1. The van der Waals surface area contributed by atoms with Crippen LogP contribution in [0.25, 0.3) is 0 Å². The summed E-state index contributed by atoms with van der Waals surface area (Å²) in [6, 6.07) is 6.50. The van der Waals surface area contributed by atoms with Crippen molar-refractivity contribution >= 4 is 17.3 Å². The third-order valence-electron chi connectivity index (χ3n) is 4.63. The highest BCUT2D eigenvalue weighted by Crippen LogP contribution is 2.30. The molecule has 0 saturated carbocycles. The van der Waals surface area contributed by atoms with Gasteiger partial charge in [0.15, 0.2) is 6.29 Å². The van der Waals surface area contributed by atoms with E-state index in [9.17, 15) is 4.39 Å².